The highest BCUT2D eigenvalue weighted by molar-refractivity contribution is 5.83. The summed E-state index contributed by atoms with van der Waals surface area (Å²) in [6.45, 7) is 2.17. The van der Waals surface area contributed by atoms with E-state index in [1.54, 1.807) is 0 Å². The van der Waals surface area contributed by atoms with Crippen LogP contribution in [0.5, 0.6) is 0 Å². The second-order valence-corrected chi connectivity index (χ2v) is 8.11. The van der Waals surface area contributed by atoms with Gasteiger partial charge in [0.05, 0.1) is 5.92 Å². The fourth-order valence-electron chi connectivity index (χ4n) is 4.32. The van der Waals surface area contributed by atoms with Crippen molar-refractivity contribution in [2.75, 3.05) is 19.6 Å². The van der Waals surface area contributed by atoms with Crippen LogP contribution >= 0.6 is 0 Å². The van der Waals surface area contributed by atoms with E-state index in [1.807, 2.05) is 29.3 Å². The molecule has 0 radical (unpaired) electrons. The Morgan fingerprint density at radius 3 is 2.78 bits per heavy atom. The van der Waals surface area contributed by atoms with Crippen LogP contribution in [0.25, 0.3) is 0 Å². The standard InChI is InChI=1S/C22H33N3O2/c26-21-13-12-19(17-25(21)16-18-8-2-1-3-9-18)22(27)24-15-7-5-11-20-10-4-6-14-23-20/h4,6,10,14,18-19H,1-3,5,7-9,11-13,15-17H2,(H,24,27)/t19-/m1/s1. The van der Waals surface area contributed by atoms with Gasteiger partial charge in [-0.3, -0.25) is 14.6 Å². The molecule has 1 N–H and O–H groups in total. The van der Waals surface area contributed by atoms with Crippen molar-refractivity contribution in [2.24, 2.45) is 11.8 Å². The second-order valence-electron chi connectivity index (χ2n) is 8.11. The Labute approximate surface area is 162 Å². The molecule has 2 amide bonds. The number of nitrogens with zero attached hydrogens (tertiary/aromatic N) is 2. The summed E-state index contributed by atoms with van der Waals surface area (Å²) in [5.41, 5.74) is 1.10. The summed E-state index contributed by atoms with van der Waals surface area (Å²) in [5, 5.41) is 3.08. The predicted octanol–water partition coefficient (Wildman–Crippen LogP) is 3.34. The molecular formula is C22H33N3O2. The fraction of sp³-hybridized carbons (Fsp3) is 0.682. The van der Waals surface area contributed by atoms with Gasteiger partial charge in [-0.2, -0.15) is 0 Å². The SMILES string of the molecule is O=C(NCCCCc1ccccn1)[C@@H]1CCC(=O)N(CC2CCCCC2)C1. The number of amides is 2. The van der Waals surface area contributed by atoms with Gasteiger partial charge >= 0.3 is 0 Å². The van der Waals surface area contributed by atoms with E-state index < -0.39 is 0 Å². The molecule has 0 aromatic carbocycles. The zero-order valence-electron chi connectivity index (χ0n) is 16.4. The molecule has 2 aliphatic rings. The van der Waals surface area contributed by atoms with Crippen molar-refractivity contribution in [3.63, 3.8) is 0 Å². The third-order valence-electron chi connectivity index (χ3n) is 5.96. The van der Waals surface area contributed by atoms with Gasteiger partial charge in [0.25, 0.3) is 0 Å². The number of piperidine rings is 1. The Balaban J connectivity index is 1.35. The third kappa shape index (κ3) is 6.33. The molecule has 5 heteroatoms. The Morgan fingerprint density at radius 2 is 2.00 bits per heavy atom. The normalized spacial score (nSPS) is 21.3. The van der Waals surface area contributed by atoms with Crippen LogP contribution in [0.4, 0.5) is 0 Å². The Bertz CT molecular complexity index is 599. The molecule has 1 saturated carbocycles. The van der Waals surface area contributed by atoms with Crippen molar-refractivity contribution in [3.05, 3.63) is 30.1 Å². The molecule has 0 unspecified atom stereocenters. The molecule has 2 fully saturated rings. The van der Waals surface area contributed by atoms with E-state index in [-0.39, 0.29) is 17.7 Å². The Kier molecular flexibility index (Phi) is 7.66. The van der Waals surface area contributed by atoms with Crippen LogP contribution in [0.1, 0.15) is 63.5 Å². The maximum absolute atomic E-state index is 12.5. The van der Waals surface area contributed by atoms with Crippen LogP contribution < -0.4 is 5.32 Å². The first kappa shape index (κ1) is 19.8. The summed E-state index contributed by atoms with van der Waals surface area (Å²) in [4.78, 5) is 31.1. The van der Waals surface area contributed by atoms with Crippen molar-refractivity contribution in [1.29, 1.82) is 0 Å². The van der Waals surface area contributed by atoms with Gasteiger partial charge in [-0.1, -0.05) is 25.3 Å². The molecule has 1 saturated heterocycles. The van der Waals surface area contributed by atoms with Gasteiger partial charge in [-0.25, -0.2) is 0 Å². The lowest BCUT2D eigenvalue weighted by Crippen LogP contribution is -2.47. The van der Waals surface area contributed by atoms with E-state index in [2.05, 4.69) is 10.3 Å². The Morgan fingerprint density at radius 1 is 1.15 bits per heavy atom. The van der Waals surface area contributed by atoms with E-state index >= 15 is 0 Å². The molecule has 148 valence electrons. The van der Waals surface area contributed by atoms with Crippen molar-refractivity contribution in [3.8, 4) is 0 Å². The zero-order valence-corrected chi connectivity index (χ0v) is 16.4. The molecule has 1 aliphatic carbocycles. The smallest absolute Gasteiger partial charge is 0.224 e. The molecule has 1 aliphatic heterocycles. The summed E-state index contributed by atoms with van der Waals surface area (Å²) in [6, 6.07) is 5.97. The van der Waals surface area contributed by atoms with Gasteiger partial charge in [0.2, 0.25) is 11.8 Å². The van der Waals surface area contributed by atoms with Crippen molar-refractivity contribution < 1.29 is 9.59 Å². The number of likely N-dealkylation sites (tertiary alicyclic amines) is 1. The second kappa shape index (κ2) is 10.4. The minimum atomic E-state index is -0.0397. The predicted molar refractivity (Wildman–Crippen MR) is 106 cm³/mol. The van der Waals surface area contributed by atoms with Crippen LogP contribution in [0.3, 0.4) is 0 Å². The van der Waals surface area contributed by atoms with E-state index in [4.69, 9.17) is 0 Å². The molecule has 5 nitrogen and oxygen atoms in total. The van der Waals surface area contributed by atoms with Gasteiger partial charge < -0.3 is 10.2 Å². The van der Waals surface area contributed by atoms with Gasteiger partial charge in [0.15, 0.2) is 0 Å². The zero-order chi connectivity index (χ0) is 18.9. The van der Waals surface area contributed by atoms with Crippen molar-refractivity contribution in [1.82, 2.24) is 15.2 Å². The maximum atomic E-state index is 12.5. The highest BCUT2D eigenvalue weighted by atomic mass is 16.2. The van der Waals surface area contributed by atoms with Gasteiger partial charge in [-0.05, 0) is 56.6 Å². The van der Waals surface area contributed by atoms with E-state index in [1.165, 1.54) is 32.1 Å². The van der Waals surface area contributed by atoms with Crippen LogP contribution in [-0.4, -0.2) is 41.3 Å². The Hall–Kier alpha value is -1.91. The number of unbranched alkanes of at least 4 members (excludes halogenated alkanes) is 1. The third-order valence-corrected chi connectivity index (χ3v) is 5.96. The highest BCUT2D eigenvalue weighted by Crippen LogP contribution is 2.27. The van der Waals surface area contributed by atoms with Crippen LogP contribution in [-0.2, 0) is 16.0 Å². The maximum Gasteiger partial charge on any atom is 0.224 e. The molecule has 1 aromatic heterocycles. The first-order valence-corrected chi connectivity index (χ1v) is 10.7. The summed E-state index contributed by atoms with van der Waals surface area (Å²) < 4.78 is 0. The highest BCUT2D eigenvalue weighted by Gasteiger charge is 2.31. The van der Waals surface area contributed by atoms with Gasteiger partial charge in [-0.15, -0.1) is 0 Å². The van der Waals surface area contributed by atoms with Crippen molar-refractivity contribution in [2.45, 2.75) is 64.2 Å². The number of hydrogen-bond acceptors (Lipinski definition) is 3. The molecular weight excluding hydrogens is 338 g/mol. The first-order chi connectivity index (χ1) is 13.2. The lowest BCUT2D eigenvalue weighted by Gasteiger charge is -2.35. The van der Waals surface area contributed by atoms with Gasteiger partial charge in [0, 0.05) is 37.9 Å². The van der Waals surface area contributed by atoms with E-state index in [0.29, 0.717) is 31.8 Å². The number of hydrogen-bond donors (Lipinski definition) is 1. The van der Waals surface area contributed by atoms with E-state index in [0.717, 1.165) is 31.5 Å². The van der Waals surface area contributed by atoms with E-state index in [9.17, 15) is 9.59 Å². The minimum Gasteiger partial charge on any atom is -0.356 e. The number of rotatable bonds is 8. The largest absolute Gasteiger partial charge is 0.356 e. The average Bonchev–Trinajstić information content (AvgIpc) is 2.71. The number of carbonyl (C=O) groups is 2. The summed E-state index contributed by atoms with van der Waals surface area (Å²) in [7, 11) is 0. The van der Waals surface area contributed by atoms with Crippen LogP contribution in [0.2, 0.25) is 0 Å². The molecule has 1 aromatic rings. The average molecular weight is 372 g/mol. The molecule has 1 atom stereocenters. The molecule has 27 heavy (non-hydrogen) atoms. The summed E-state index contributed by atoms with van der Waals surface area (Å²) >= 11 is 0. The number of pyridine rings is 1. The first-order valence-electron chi connectivity index (χ1n) is 10.7. The molecule has 2 heterocycles. The minimum absolute atomic E-state index is 0.0397. The van der Waals surface area contributed by atoms with Gasteiger partial charge in [0.1, 0.15) is 0 Å². The fourth-order valence-corrected chi connectivity index (χ4v) is 4.32. The van der Waals surface area contributed by atoms with Crippen molar-refractivity contribution >= 4 is 11.8 Å². The summed E-state index contributed by atoms with van der Waals surface area (Å²) in [6.07, 6.45) is 12.3. The number of carbonyl (C=O) groups excluding carboxylic acids is 2. The topological polar surface area (TPSA) is 62.3 Å². The lowest BCUT2D eigenvalue weighted by molar-refractivity contribution is -0.139. The van der Waals surface area contributed by atoms with Crippen LogP contribution in [0.15, 0.2) is 24.4 Å². The molecule has 0 spiro atoms. The summed E-state index contributed by atoms with van der Waals surface area (Å²) in [5.74, 6) is 0.951. The molecule has 0 bridgehead atoms. The number of nitrogens with one attached hydrogen (secondary N) is 1. The molecule has 3 rings (SSSR count). The van der Waals surface area contributed by atoms with Crippen LogP contribution in [0, 0.1) is 11.8 Å². The quantitative estimate of drug-likeness (QED) is 0.713. The monoisotopic (exact) mass is 371 g/mol. The lowest BCUT2D eigenvalue weighted by atomic mass is 9.87. The number of aromatic nitrogens is 1. The number of aryl methyl sites for hydroxylation is 1.